The number of aromatic nitrogens is 5. The molecule has 2 aromatic heterocycles. The summed E-state index contributed by atoms with van der Waals surface area (Å²) in [5, 5.41) is 14.6. The molecule has 0 bridgehead atoms. The molecule has 0 fully saturated rings. The van der Waals surface area contributed by atoms with Gasteiger partial charge in [-0.15, -0.1) is 5.10 Å². The molecule has 31 heavy (non-hydrogen) atoms. The van der Waals surface area contributed by atoms with E-state index in [0.29, 0.717) is 29.0 Å². The van der Waals surface area contributed by atoms with Crippen molar-refractivity contribution in [3.8, 4) is 11.4 Å². The van der Waals surface area contributed by atoms with Crippen LogP contribution in [0.25, 0.3) is 11.4 Å². The van der Waals surface area contributed by atoms with Gasteiger partial charge < -0.3 is 9.84 Å². The maximum Gasteiger partial charge on any atom is 0.227 e. The van der Waals surface area contributed by atoms with Gasteiger partial charge in [0.05, 0.1) is 5.75 Å². The normalized spacial score (nSPS) is 10.9. The van der Waals surface area contributed by atoms with Crippen LogP contribution in [0.2, 0.25) is 0 Å². The van der Waals surface area contributed by atoms with Gasteiger partial charge in [-0.1, -0.05) is 56.6 Å². The molecule has 0 aliphatic rings. The van der Waals surface area contributed by atoms with E-state index in [9.17, 15) is 4.79 Å². The van der Waals surface area contributed by atoms with E-state index >= 15 is 0 Å². The Morgan fingerprint density at radius 2 is 2.03 bits per heavy atom. The molecular formula is C21H19BrN6O2S. The quantitative estimate of drug-likeness (QED) is 0.336. The lowest BCUT2D eigenvalue weighted by molar-refractivity contribution is -0.116. The molecule has 0 atom stereocenters. The molecule has 2 aromatic carbocycles. The first kappa shape index (κ1) is 21.3. The van der Waals surface area contributed by atoms with Crippen molar-refractivity contribution in [3.63, 3.8) is 0 Å². The van der Waals surface area contributed by atoms with Crippen LogP contribution in [0.3, 0.4) is 0 Å². The second-order valence-corrected chi connectivity index (χ2v) is 8.64. The van der Waals surface area contributed by atoms with E-state index in [2.05, 4.69) is 46.6 Å². The zero-order chi connectivity index (χ0) is 21.6. The van der Waals surface area contributed by atoms with Crippen molar-refractivity contribution in [2.24, 2.45) is 0 Å². The van der Waals surface area contributed by atoms with Crippen molar-refractivity contribution in [1.82, 2.24) is 25.3 Å². The summed E-state index contributed by atoms with van der Waals surface area (Å²) in [6, 6.07) is 15.5. The summed E-state index contributed by atoms with van der Waals surface area (Å²) in [4.78, 5) is 20.9. The Labute approximate surface area is 191 Å². The van der Waals surface area contributed by atoms with Gasteiger partial charge in [0.15, 0.2) is 11.6 Å². The SMILES string of the molecule is Cc1cccc(-c2nc(SCc3noc(CCC(=O)Nc4ccc(Br)cc4)n3)n[nH]2)c1. The van der Waals surface area contributed by atoms with Crippen molar-refractivity contribution < 1.29 is 9.32 Å². The van der Waals surface area contributed by atoms with Crippen LogP contribution in [-0.4, -0.2) is 31.2 Å². The Balaban J connectivity index is 1.26. The smallest absolute Gasteiger partial charge is 0.227 e. The molecule has 0 radical (unpaired) electrons. The number of hydrogen-bond donors (Lipinski definition) is 2. The number of aryl methyl sites for hydroxylation is 2. The van der Waals surface area contributed by atoms with E-state index in [1.807, 2.05) is 55.5 Å². The summed E-state index contributed by atoms with van der Waals surface area (Å²) in [6.07, 6.45) is 0.629. The number of amides is 1. The minimum atomic E-state index is -0.110. The highest BCUT2D eigenvalue weighted by Gasteiger charge is 2.12. The molecule has 1 amide bonds. The first-order chi connectivity index (χ1) is 15.0. The number of halogens is 1. The number of aromatic amines is 1. The van der Waals surface area contributed by atoms with Gasteiger partial charge in [0.25, 0.3) is 0 Å². The largest absolute Gasteiger partial charge is 0.339 e. The Hall–Kier alpha value is -2.98. The zero-order valence-corrected chi connectivity index (χ0v) is 19.0. The summed E-state index contributed by atoms with van der Waals surface area (Å²) in [6.45, 7) is 2.04. The average Bonchev–Trinajstić information content (AvgIpc) is 3.42. The Kier molecular flexibility index (Phi) is 6.78. The molecule has 0 spiro atoms. The van der Waals surface area contributed by atoms with Gasteiger partial charge in [-0.25, -0.2) is 4.98 Å². The van der Waals surface area contributed by atoms with Gasteiger partial charge >= 0.3 is 0 Å². The summed E-state index contributed by atoms with van der Waals surface area (Å²) < 4.78 is 6.20. The lowest BCUT2D eigenvalue weighted by Crippen LogP contribution is -2.12. The number of hydrogen-bond acceptors (Lipinski definition) is 7. The highest BCUT2D eigenvalue weighted by molar-refractivity contribution is 9.10. The minimum absolute atomic E-state index is 0.110. The van der Waals surface area contributed by atoms with Crippen molar-refractivity contribution in [1.29, 1.82) is 0 Å². The number of carbonyl (C=O) groups is 1. The van der Waals surface area contributed by atoms with Gasteiger partial charge in [0.2, 0.25) is 17.0 Å². The topological polar surface area (TPSA) is 110 Å². The van der Waals surface area contributed by atoms with Crippen molar-refractivity contribution in [3.05, 3.63) is 70.3 Å². The van der Waals surface area contributed by atoms with E-state index < -0.39 is 0 Å². The Morgan fingerprint density at radius 3 is 2.84 bits per heavy atom. The summed E-state index contributed by atoms with van der Waals surface area (Å²) in [5.74, 6) is 2.05. The lowest BCUT2D eigenvalue weighted by Gasteiger charge is -2.03. The lowest BCUT2D eigenvalue weighted by atomic mass is 10.1. The molecule has 2 heterocycles. The Morgan fingerprint density at radius 1 is 1.19 bits per heavy atom. The van der Waals surface area contributed by atoms with E-state index in [-0.39, 0.29) is 12.3 Å². The first-order valence-corrected chi connectivity index (χ1v) is 11.3. The van der Waals surface area contributed by atoms with Crippen molar-refractivity contribution >= 4 is 39.3 Å². The molecule has 8 nitrogen and oxygen atoms in total. The van der Waals surface area contributed by atoms with Crippen LogP contribution >= 0.6 is 27.7 Å². The van der Waals surface area contributed by atoms with Gasteiger partial charge in [0, 0.05) is 28.6 Å². The molecule has 4 rings (SSSR count). The second kappa shape index (κ2) is 9.88. The number of H-pyrrole nitrogens is 1. The maximum absolute atomic E-state index is 12.1. The predicted molar refractivity (Wildman–Crippen MR) is 122 cm³/mol. The third-order valence-electron chi connectivity index (χ3n) is 4.29. The molecule has 10 heteroatoms. The number of carbonyl (C=O) groups excluding carboxylic acids is 1. The van der Waals surface area contributed by atoms with Crippen LogP contribution in [-0.2, 0) is 17.0 Å². The third-order valence-corrected chi connectivity index (χ3v) is 5.66. The van der Waals surface area contributed by atoms with Crippen LogP contribution in [0.5, 0.6) is 0 Å². The van der Waals surface area contributed by atoms with Gasteiger partial charge in [0.1, 0.15) is 0 Å². The molecule has 2 N–H and O–H groups in total. The van der Waals surface area contributed by atoms with E-state index in [1.165, 1.54) is 11.8 Å². The third kappa shape index (κ3) is 6.02. The maximum atomic E-state index is 12.1. The van der Waals surface area contributed by atoms with Gasteiger partial charge in [-0.05, 0) is 37.3 Å². The number of anilines is 1. The number of nitrogens with one attached hydrogen (secondary N) is 2. The fourth-order valence-corrected chi connectivity index (χ4v) is 3.69. The van der Waals surface area contributed by atoms with E-state index in [4.69, 9.17) is 4.52 Å². The molecule has 4 aromatic rings. The van der Waals surface area contributed by atoms with Crippen LogP contribution in [0.4, 0.5) is 5.69 Å². The second-order valence-electron chi connectivity index (χ2n) is 6.78. The number of benzene rings is 2. The minimum Gasteiger partial charge on any atom is -0.339 e. The molecule has 0 saturated heterocycles. The fourth-order valence-electron chi connectivity index (χ4n) is 2.79. The highest BCUT2D eigenvalue weighted by Crippen LogP contribution is 2.22. The van der Waals surface area contributed by atoms with Crippen LogP contribution in [0.1, 0.15) is 23.7 Å². The Bertz CT molecular complexity index is 1170. The number of thioether (sulfide) groups is 1. The monoisotopic (exact) mass is 498 g/mol. The molecule has 0 saturated carbocycles. The van der Waals surface area contributed by atoms with Crippen LogP contribution in [0.15, 0.2) is 62.7 Å². The summed E-state index contributed by atoms with van der Waals surface area (Å²) >= 11 is 4.78. The average molecular weight is 499 g/mol. The first-order valence-electron chi connectivity index (χ1n) is 9.54. The standard InChI is InChI=1S/C21H19BrN6O2S/c1-13-3-2-4-14(11-13)20-25-21(27-26-20)31-12-17-24-19(30-28-17)10-9-18(29)23-16-7-5-15(22)6-8-16/h2-8,11H,9-10,12H2,1H3,(H,23,29)(H,25,26,27). The van der Waals surface area contributed by atoms with E-state index in [0.717, 1.165) is 27.1 Å². The zero-order valence-electron chi connectivity index (χ0n) is 16.6. The molecule has 0 unspecified atom stereocenters. The molecular weight excluding hydrogens is 480 g/mol. The van der Waals surface area contributed by atoms with Crippen LogP contribution < -0.4 is 5.32 Å². The van der Waals surface area contributed by atoms with Gasteiger partial charge in [-0.2, -0.15) is 4.98 Å². The highest BCUT2D eigenvalue weighted by atomic mass is 79.9. The number of nitrogens with zero attached hydrogens (tertiary/aromatic N) is 4. The van der Waals surface area contributed by atoms with Crippen molar-refractivity contribution in [2.75, 3.05) is 5.32 Å². The fraction of sp³-hybridized carbons (Fsp3) is 0.190. The molecule has 158 valence electrons. The summed E-state index contributed by atoms with van der Waals surface area (Å²) in [7, 11) is 0. The van der Waals surface area contributed by atoms with Crippen molar-refractivity contribution in [2.45, 2.75) is 30.7 Å². The predicted octanol–water partition coefficient (Wildman–Crippen LogP) is 4.79. The van der Waals surface area contributed by atoms with Crippen LogP contribution in [0, 0.1) is 6.92 Å². The number of rotatable bonds is 8. The summed E-state index contributed by atoms with van der Waals surface area (Å²) in [5.41, 5.74) is 2.89. The van der Waals surface area contributed by atoms with E-state index in [1.54, 1.807) is 0 Å². The molecule has 0 aliphatic carbocycles. The molecule has 0 aliphatic heterocycles. The van der Waals surface area contributed by atoms with Gasteiger partial charge in [-0.3, -0.25) is 9.89 Å².